The number of aliphatic imine (C=N–C) groups is 1. The summed E-state index contributed by atoms with van der Waals surface area (Å²) in [5, 5.41) is 7.54. The zero-order valence-electron chi connectivity index (χ0n) is 17.4. The monoisotopic (exact) mass is 522 g/mol. The van der Waals surface area contributed by atoms with Gasteiger partial charge in [-0.3, -0.25) is 14.5 Å². The van der Waals surface area contributed by atoms with E-state index in [2.05, 4.69) is 31.0 Å². The lowest BCUT2D eigenvalue weighted by Crippen LogP contribution is -2.55. The molecule has 10 heteroatoms. The number of piperazine rings is 1. The van der Waals surface area contributed by atoms with Crippen LogP contribution in [0.4, 0.5) is 5.69 Å². The Kier molecular flexibility index (Phi) is 6.95. The average molecular weight is 522 g/mol. The summed E-state index contributed by atoms with van der Waals surface area (Å²) in [5.41, 5.74) is 2.97. The maximum absolute atomic E-state index is 12.6. The normalized spacial score (nSPS) is 14.9. The van der Waals surface area contributed by atoms with E-state index in [0.717, 1.165) is 35.0 Å². The third kappa shape index (κ3) is 4.42. The van der Waals surface area contributed by atoms with E-state index in [9.17, 15) is 4.79 Å². The molecule has 9 nitrogen and oxygen atoms in total. The van der Waals surface area contributed by atoms with Crippen molar-refractivity contribution in [3.63, 3.8) is 0 Å². The van der Waals surface area contributed by atoms with Gasteiger partial charge in [-0.15, -0.1) is 24.0 Å². The number of halogens is 1. The molecule has 160 valence electrons. The van der Waals surface area contributed by atoms with E-state index in [1.807, 2.05) is 43.3 Å². The van der Waals surface area contributed by atoms with Crippen LogP contribution in [0.15, 0.2) is 41.7 Å². The number of imidazole rings is 1. The molecule has 0 bridgehead atoms. The van der Waals surface area contributed by atoms with E-state index in [1.165, 1.54) is 0 Å². The molecule has 0 radical (unpaired) electrons. The van der Waals surface area contributed by atoms with Crippen LogP contribution in [-0.4, -0.2) is 69.3 Å². The molecule has 1 saturated heterocycles. The molecule has 0 saturated carbocycles. The Hall–Kier alpha value is -2.63. The molecule has 0 spiro atoms. The molecule has 1 amide bonds. The molecule has 3 heterocycles. The largest absolute Gasteiger partial charge is 0.354 e. The van der Waals surface area contributed by atoms with Crippen molar-refractivity contribution in [1.29, 1.82) is 0 Å². The molecule has 1 aliphatic rings. The molecular formula is C20H27IN8O. The first-order valence-electron chi connectivity index (χ1n) is 9.73. The van der Waals surface area contributed by atoms with Crippen LogP contribution in [0.3, 0.4) is 0 Å². The van der Waals surface area contributed by atoms with Crippen molar-refractivity contribution in [2.24, 2.45) is 12.0 Å². The SMILES string of the molecule is CN=C(NCCn1c(C)nc2ccccc21)N1CCN(c2cnn(C)c2)C(=O)C1.I. The van der Waals surface area contributed by atoms with Crippen molar-refractivity contribution in [3.05, 3.63) is 42.5 Å². The second kappa shape index (κ2) is 9.45. The van der Waals surface area contributed by atoms with Gasteiger partial charge in [0.05, 0.1) is 22.9 Å². The fourth-order valence-electron chi connectivity index (χ4n) is 3.76. The minimum atomic E-state index is 0. The molecule has 4 rings (SSSR count). The molecule has 0 aliphatic carbocycles. The van der Waals surface area contributed by atoms with Gasteiger partial charge in [0, 0.05) is 46.5 Å². The highest BCUT2D eigenvalue weighted by Gasteiger charge is 2.27. The van der Waals surface area contributed by atoms with Crippen molar-refractivity contribution in [1.82, 2.24) is 29.5 Å². The lowest BCUT2D eigenvalue weighted by Gasteiger charge is -2.35. The number of para-hydroxylation sites is 2. The van der Waals surface area contributed by atoms with Crippen LogP contribution in [0.5, 0.6) is 0 Å². The van der Waals surface area contributed by atoms with Gasteiger partial charge in [-0.1, -0.05) is 12.1 Å². The van der Waals surface area contributed by atoms with Crippen molar-refractivity contribution >= 4 is 52.6 Å². The van der Waals surface area contributed by atoms with Gasteiger partial charge in [-0.25, -0.2) is 4.98 Å². The molecule has 1 aliphatic heterocycles. The molecular weight excluding hydrogens is 495 g/mol. The molecule has 3 aromatic rings. The second-order valence-corrected chi connectivity index (χ2v) is 7.11. The van der Waals surface area contributed by atoms with E-state index in [0.29, 0.717) is 26.2 Å². The minimum absolute atomic E-state index is 0. The van der Waals surface area contributed by atoms with Gasteiger partial charge < -0.3 is 19.7 Å². The van der Waals surface area contributed by atoms with Gasteiger partial charge in [0.25, 0.3) is 0 Å². The first-order chi connectivity index (χ1) is 14.1. The molecule has 1 N–H and O–H groups in total. The van der Waals surface area contributed by atoms with E-state index >= 15 is 0 Å². The number of nitrogens with one attached hydrogen (secondary N) is 1. The molecule has 1 aromatic carbocycles. The number of amides is 1. The maximum Gasteiger partial charge on any atom is 0.246 e. The lowest BCUT2D eigenvalue weighted by atomic mass is 10.3. The predicted molar refractivity (Wildman–Crippen MR) is 128 cm³/mol. The summed E-state index contributed by atoms with van der Waals surface area (Å²) in [4.78, 5) is 25.4. The predicted octanol–water partition coefficient (Wildman–Crippen LogP) is 1.62. The Balaban J connectivity index is 0.00000256. The van der Waals surface area contributed by atoms with Gasteiger partial charge in [-0.05, 0) is 19.1 Å². The van der Waals surface area contributed by atoms with E-state index in [1.54, 1.807) is 22.8 Å². The summed E-state index contributed by atoms with van der Waals surface area (Å²) in [7, 11) is 3.60. The van der Waals surface area contributed by atoms with Gasteiger partial charge >= 0.3 is 0 Å². The molecule has 0 atom stereocenters. The topological polar surface area (TPSA) is 83.6 Å². The molecule has 30 heavy (non-hydrogen) atoms. The number of fused-ring (bicyclic) bond motifs is 1. The summed E-state index contributed by atoms with van der Waals surface area (Å²) < 4.78 is 3.90. The lowest BCUT2D eigenvalue weighted by molar-refractivity contribution is -0.120. The highest BCUT2D eigenvalue weighted by atomic mass is 127. The highest BCUT2D eigenvalue weighted by molar-refractivity contribution is 14.0. The summed E-state index contributed by atoms with van der Waals surface area (Å²) >= 11 is 0. The number of carbonyl (C=O) groups excluding carboxylic acids is 1. The molecule has 0 unspecified atom stereocenters. The molecule has 1 fully saturated rings. The summed E-state index contributed by atoms with van der Waals surface area (Å²) in [6.07, 6.45) is 3.58. The number of hydrogen-bond donors (Lipinski definition) is 1. The fourth-order valence-corrected chi connectivity index (χ4v) is 3.76. The first kappa shape index (κ1) is 22.1. The standard InChI is InChI=1S/C20H26N8O.HI/c1-15-24-17-6-4-5-7-18(17)27(15)9-8-22-20(21-2)26-10-11-28(19(29)14-26)16-12-23-25(3)13-16;/h4-7,12-13H,8-11,14H2,1-3H3,(H,21,22);1H. The van der Waals surface area contributed by atoms with Gasteiger partial charge in [-0.2, -0.15) is 5.10 Å². The van der Waals surface area contributed by atoms with E-state index < -0.39 is 0 Å². The Morgan fingerprint density at radius 2 is 2.07 bits per heavy atom. The second-order valence-electron chi connectivity index (χ2n) is 7.11. The number of anilines is 1. The maximum atomic E-state index is 12.6. The third-order valence-corrected chi connectivity index (χ3v) is 5.20. The van der Waals surface area contributed by atoms with E-state index in [-0.39, 0.29) is 29.9 Å². The molecule has 2 aromatic heterocycles. The summed E-state index contributed by atoms with van der Waals surface area (Å²) in [6, 6.07) is 8.14. The zero-order valence-corrected chi connectivity index (χ0v) is 19.8. The van der Waals surface area contributed by atoms with Gasteiger partial charge in [0.1, 0.15) is 12.4 Å². The quantitative estimate of drug-likeness (QED) is 0.320. The van der Waals surface area contributed by atoms with Crippen LogP contribution >= 0.6 is 24.0 Å². The average Bonchev–Trinajstić information content (AvgIpc) is 3.28. The Labute approximate surface area is 192 Å². The van der Waals surface area contributed by atoms with Crippen molar-refractivity contribution in [2.75, 3.05) is 38.1 Å². The van der Waals surface area contributed by atoms with Gasteiger partial charge in [0.15, 0.2) is 5.96 Å². The number of carbonyl (C=O) groups is 1. The number of benzene rings is 1. The first-order valence-corrected chi connectivity index (χ1v) is 9.73. The highest BCUT2D eigenvalue weighted by Crippen LogP contribution is 2.17. The van der Waals surface area contributed by atoms with E-state index in [4.69, 9.17) is 0 Å². The van der Waals surface area contributed by atoms with Crippen LogP contribution in [0.1, 0.15) is 5.82 Å². The number of aromatic nitrogens is 4. The number of nitrogens with zero attached hydrogens (tertiary/aromatic N) is 7. The van der Waals surface area contributed by atoms with Crippen molar-refractivity contribution < 1.29 is 4.79 Å². The number of rotatable bonds is 4. The summed E-state index contributed by atoms with van der Waals surface area (Å²) in [6.45, 7) is 5.11. The van der Waals surface area contributed by atoms with Crippen LogP contribution in [0.2, 0.25) is 0 Å². The van der Waals surface area contributed by atoms with Crippen LogP contribution in [0, 0.1) is 6.92 Å². The number of hydrogen-bond acceptors (Lipinski definition) is 4. The summed E-state index contributed by atoms with van der Waals surface area (Å²) in [5.74, 6) is 1.78. The smallest absolute Gasteiger partial charge is 0.246 e. The van der Waals surface area contributed by atoms with Crippen LogP contribution in [-0.2, 0) is 18.4 Å². The van der Waals surface area contributed by atoms with Crippen molar-refractivity contribution in [2.45, 2.75) is 13.5 Å². The van der Waals surface area contributed by atoms with Gasteiger partial charge in [0.2, 0.25) is 5.91 Å². The number of guanidine groups is 1. The van der Waals surface area contributed by atoms with Crippen LogP contribution < -0.4 is 10.2 Å². The third-order valence-electron chi connectivity index (χ3n) is 5.20. The minimum Gasteiger partial charge on any atom is -0.354 e. The van der Waals surface area contributed by atoms with Crippen LogP contribution in [0.25, 0.3) is 11.0 Å². The number of aryl methyl sites for hydroxylation is 2. The van der Waals surface area contributed by atoms with Crippen molar-refractivity contribution in [3.8, 4) is 0 Å². The Bertz CT molecular complexity index is 1060. The Morgan fingerprint density at radius 3 is 2.77 bits per heavy atom. The Morgan fingerprint density at radius 1 is 1.27 bits per heavy atom. The zero-order chi connectivity index (χ0) is 20.4. The fraction of sp³-hybridized carbons (Fsp3) is 0.400.